The van der Waals surface area contributed by atoms with Crippen LogP contribution in [0.3, 0.4) is 0 Å². The van der Waals surface area contributed by atoms with Crippen molar-refractivity contribution in [2.24, 2.45) is 7.05 Å². The predicted octanol–water partition coefficient (Wildman–Crippen LogP) is 2.41. The number of fused-ring (bicyclic) bond motifs is 2. The summed E-state index contributed by atoms with van der Waals surface area (Å²) in [5.74, 6) is 0. The summed E-state index contributed by atoms with van der Waals surface area (Å²) >= 11 is 0. The van der Waals surface area contributed by atoms with Gasteiger partial charge in [-0.2, -0.15) is 8.42 Å². The van der Waals surface area contributed by atoms with Crippen LogP contribution in [0.5, 0.6) is 0 Å². The van der Waals surface area contributed by atoms with Crippen molar-refractivity contribution in [1.82, 2.24) is 9.29 Å². The summed E-state index contributed by atoms with van der Waals surface area (Å²) < 4.78 is 37.7. The molecule has 1 aromatic carbocycles. The molecule has 1 aromatic heterocycles. The molecule has 3 aliphatic rings. The molecule has 2 amide bonds. The number of nitrogens with zero attached hydrogens (tertiary/aromatic N) is 2. The summed E-state index contributed by atoms with van der Waals surface area (Å²) in [7, 11) is -2.26. The zero-order valence-electron chi connectivity index (χ0n) is 18.4. The van der Waals surface area contributed by atoms with Crippen molar-refractivity contribution < 1.29 is 17.9 Å². The van der Waals surface area contributed by atoms with E-state index >= 15 is 0 Å². The number of aromatic nitrogens is 1. The fraction of sp³-hybridized carbons (Fsp3) is 0.522. The van der Waals surface area contributed by atoms with Gasteiger partial charge in [-0.3, -0.25) is 0 Å². The Labute approximate surface area is 217 Å². The Hall–Kier alpha value is -1.52. The standard InChI is InChI=1S/C23H30N4O4S.Na.H/c1-26-11-8-19(15-26)27(18-9-12-31-13-10-18)32(29,30)25-23(28)24-22-20-6-2-4-16(20)14-17-5-3-7-21(17)22;;/h8,11,14-15,18H,2-7,9-10,12-13H2,1H3,(H2,24,25,28);;. The van der Waals surface area contributed by atoms with Crippen molar-refractivity contribution in [2.45, 2.75) is 57.4 Å². The van der Waals surface area contributed by atoms with Crippen LogP contribution in [0.4, 0.5) is 16.2 Å². The summed E-state index contributed by atoms with van der Waals surface area (Å²) in [4.78, 5) is 13.0. The zero-order chi connectivity index (χ0) is 22.3. The molecule has 0 spiro atoms. The van der Waals surface area contributed by atoms with E-state index in [1.165, 1.54) is 26.6 Å². The molecule has 10 heteroatoms. The zero-order valence-corrected chi connectivity index (χ0v) is 19.2. The van der Waals surface area contributed by atoms with Gasteiger partial charge in [0, 0.05) is 38.3 Å². The van der Waals surface area contributed by atoms with Crippen LogP contribution >= 0.6 is 0 Å². The molecule has 2 aromatic rings. The van der Waals surface area contributed by atoms with Gasteiger partial charge in [-0.05, 0) is 79.7 Å². The van der Waals surface area contributed by atoms with Crippen molar-refractivity contribution in [2.75, 3.05) is 22.8 Å². The van der Waals surface area contributed by atoms with Gasteiger partial charge >= 0.3 is 45.8 Å². The Morgan fingerprint density at radius 3 is 2.30 bits per heavy atom. The number of aryl methyl sites for hydroxylation is 3. The van der Waals surface area contributed by atoms with Gasteiger partial charge < -0.3 is 14.6 Å². The van der Waals surface area contributed by atoms with E-state index in [1.54, 1.807) is 23.0 Å². The molecule has 0 bridgehead atoms. The molecule has 2 heterocycles. The van der Waals surface area contributed by atoms with Gasteiger partial charge in [0.15, 0.2) is 0 Å². The molecule has 2 N–H and O–H groups in total. The first-order chi connectivity index (χ1) is 15.4. The van der Waals surface area contributed by atoms with Crippen molar-refractivity contribution in [1.29, 1.82) is 0 Å². The predicted molar refractivity (Wildman–Crippen MR) is 130 cm³/mol. The second-order valence-electron chi connectivity index (χ2n) is 8.97. The molecule has 5 rings (SSSR count). The van der Waals surface area contributed by atoms with Crippen LogP contribution < -0.4 is 14.3 Å². The first-order valence-electron chi connectivity index (χ1n) is 11.4. The van der Waals surface area contributed by atoms with E-state index < -0.39 is 16.2 Å². The van der Waals surface area contributed by atoms with E-state index in [4.69, 9.17) is 4.74 Å². The minimum absolute atomic E-state index is 0. The van der Waals surface area contributed by atoms with Gasteiger partial charge in [0.2, 0.25) is 0 Å². The second kappa shape index (κ2) is 10.00. The van der Waals surface area contributed by atoms with Gasteiger partial charge in [0.25, 0.3) is 0 Å². The van der Waals surface area contributed by atoms with Crippen LogP contribution in [0.15, 0.2) is 24.5 Å². The number of carbonyl (C=O) groups excluding carboxylic acids is 1. The summed E-state index contributed by atoms with van der Waals surface area (Å²) in [6.45, 7) is 0.996. The van der Waals surface area contributed by atoms with E-state index in [2.05, 4.69) is 16.1 Å². The Bertz CT molecular complexity index is 1110. The average Bonchev–Trinajstić information content (AvgIpc) is 3.49. The molecule has 2 aliphatic carbocycles. The van der Waals surface area contributed by atoms with Gasteiger partial charge in [-0.15, -0.1) is 0 Å². The van der Waals surface area contributed by atoms with Crippen LogP contribution in [-0.2, 0) is 47.7 Å². The average molecular weight is 483 g/mol. The molecule has 1 fully saturated rings. The summed E-state index contributed by atoms with van der Waals surface area (Å²) in [5, 5.41) is 2.93. The van der Waals surface area contributed by atoms with Crippen LogP contribution in [0.1, 0.15) is 47.9 Å². The maximum absolute atomic E-state index is 13.4. The third-order valence-corrected chi connectivity index (χ3v) is 8.26. The number of carbonyl (C=O) groups is 1. The molecule has 0 atom stereocenters. The number of amides is 2. The van der Waals surface area contributed by atoms with Crippen molar-refractivity contribution in [3.05, 3.63) is 46.8 Å². The molecule has 0 unspecified atom stereocenters. The van der Waals surface area contributed by atoms with Crippen LogP contribution in [0.25, 0.3) is 0 Å². The fourth-order valence-corrected chi connectivity index (χ4v) is 6.73. The van der Waals surface area contributed by atoms with Crippen molar-refractivity contribution in [3.63, 3.8) is 0 Å². The Balaban J connectivity index is 0.00000259. The minimum atomic E-state index is -4.11. The van der Waals surface area contributed by atoms with Gasteiger partial charge in [-0.1, -0.05) is 6.07 Å². The fourth-order valence-electron chi connectivity index (χ4n) is 5.36. The Morgan fingerprint density at radius 1 is 1.09 bits per heavy atom. The topological polar surface area (TPSA) is 92.7 Å². The number of hydrogen-bond donors (Lipinski definition) is 2. The molecule has 174 valence electrons. The monoisotopic (exact) mass is 482 g/mol. The second-order valence-corrected chi connectivity index (χ2v) is 10.5. The van der Waals surface area contributed by atoms with Crippen LogP contribution in [0, 0.1) is 0 Å². The van der Waals surface area contributed by atoms with Crippen molar-refractivity contribution in [3.8, 4) is 0 Å². The van der Waals surface area contributed by atoms with Gasteiger partial charge in [-0.25, -0.2) is 13.8 Å². The number of hydrogen-bond acceptors (Lipinski definition) is 4. The molecule has 1 aliphatic heterocycles. The quantitative estimate of drug-likeness (QED) is 0.641. The summed E-state index contributed by atoms with van der Waals surface area (Å²) in [6, 6.07) is 3.07. The molecule has 1 saturated heterocycles. The molecule has 8 nitrogen and oxygen atoms in total. The van der Waals surface area contributed by atoms with E-state index in [0.29, 0.717) is 31.7 Å². The molecular weight excluding hydrogens is 451 g/mol. The van der Waals surface area contributed by atoms with Gasteiger partial charge in [0.1, 0.15) is 0 Å². The number of anilines is 2. The number of rotatable bonds is 5. The Kier molecular flexibility index (Phi) is 7.45. The van der Waals surface area contributed by atoms with E-state index in [1.807, 2.05) is 7.05 Å². The first-order valence-corrected chi connectivity index (χ1v) is 12.9. The van der Waals surface area contributed by atoms with Crippen LogP contribution in [-0.4, -0.2) is 67.8 Å². The molecule has 0 saturated carbocycles. The van der Waals surface area contributed by atoms with E-state index in [9.17, 15) is 13.2 Å². The molecule has 33 heavy (non-hydrogen) atoms. The SMILES string of the molecule is Cn1ccc(N(C2CCOCC2)S(=O)(=O)NC(=O)Nc2c3c(cc4c2CCC4)CCC3)c1.[NaH]. The van der Waals surface area contributed by atoms with Crippen molar-refractivity contribution >= 4 is 57.2 Å². The van der Waals surface area contributed by atoms with E-state index in [0.717, 1.165) is 44.2 Å². The summed E-state index contributed by atoms with van der Waals surface area (Å²) in [6.07, 6.45) is 10.7. The molecule has 0 radical (unpaired) electrons. The van der Waals surface area contributed by atoms with E-state index in [-0.39, 0.29) is 35.6 Å². The maximum atomic E-state index is 13.4. The first kappa shape index (κ1) is 24.6. The number of nitrogens with one attached hydrogen (secondary N) is 2. The number of ether oxygens (including phenoxy) is 1. The number of urea groups is 1. The third-order valence-electron chi connectivity index (χ3n) is 6.79. The Morgan fingerprint density at radius 2 is 1.73 bits per heavy atom. The van der Waals surface area contributed by atoms with Gasteiger partial charge in [0.05, 0.1) is 11.7 Å². The normalized spacial score (nSPS) is 17.7. The number of benzene rings is 1. The third kappa shape index (κ3) is 4.98. The summed E-state index contributed by atoms with van der Waals surface area (Å²) in [5.41, 5.74) is 6.29. The molecular formula is C23H31N4NaO4S. The van der Waals surface area contributed by atoms with Crippen LogP contribution in [0.2, 0.25) is 0 Å².